The molecule has 0 spiro atoms. The number of imidazole rings is 1. The van der Waals surface area contributed by atoms with Crippen LogP contribution in [-0.4, -0.2) is 24.2 Å². The molecule has 2 heterocycles. The van der Waals surface area contributed by atoms with E-state index < -0.39 is 0 Å². The lowest BCUT2D eigenvalue weighted by molar-refractivity contribution is 0.271. The van der Waals surface area contributed by atoms with Gasteiger partial charge in [-0.25, -0.2) is 9.97 Å². The zero-order valence-corrected chi connectivity index (χ0v) is 11.0. The minimum Gasteiger partial charge on any atom is -0.390 e. The van der Waals surface area contributed by atoms with Crippen LogP contribution in [0.5, 0.6) is 0 Å². The Morgan fingerprint density at radius 3 is 2.83 bits per heavy atom. The molecule has 0 aliphatic rings. The molecule has 0 saturated heterocycles. The van der Waals surface area contributed by atoms with Gasteiger partial charge < -0.3 is 14.2 Å². The maximum Gasteiger partial charge on any atom is 0.283 e. The Kier molecular flexibility index (Phi) is 3.83. The van der Waals surface area contributed by atoms with Crippen molar-refractivity contribution in [1.29, 1.82) is 0 Å². The van der Waals surface area contributed by atoms with Crippen LogP contribution in [0.2, 0.25) is 0 Å². The molecule has 2 aromatic heterocycles. The molecule has 0 atom stereocenters. The van der Waals surface area contributed by atoms with Crippen LogP contribution in [0.4, 0.5) is 0 Å². The van der Waals surface area contributed by atoms with E-state index >= 15 is 0 Å². The summed E-state index contributed by atoms with van der Waals surface area (Å²) in [6.07, 6.45) is 4.84. The van der Waals surface area contributed by atoms with Crippen LogP contribution < -0.4 is 5.56 Å². The van der Waals surface area contributed by atoms with Crippen LogP contribution in [0.1, 0.15) is 12.6 Å². The average Bonchev–Trinajstić information content (AvgIpc) is 2.73. The molecule has 0 unspecified atom stereocenters. The fourth-order valence-corrected chi connectivity index (χ4v) is 2.35. The van der Waals surface area contributed by atoms with Gasteiger partial charge in [0.05, 0.1) is 18.5 Å². The Morgan fingerprint density at radius 2 is 2.22 bits per heavy atom. The van der Waals surface area contributed by atoms with Crippen molar-refractivity contribution >= 4 is 11.8 Å². The standard InChI is InChI=1S/C11H14N4O2S/c1-3-15-5-4-12-9(10(15)17)18-11-13-6-8(7-16)14(11)2/h4-6,16H,3,7H2,1-2H3. The minimum atomic E-state index is -0.126. The van der Waals surface area contributed by atoms with Crippen molar-refractivity contribution in [3.05, 3.63) is 34.6 Å². The Hall–Kier alpha value is -1.60. The summed E-state index contributed by atoms with van der Waals surface area (Å²) in [6, 6.07) is 0. The highest BCUT2D eigenvalue weighted by Crippen LogP contribution is 2.22. The molecule has 0 fully saturated rings. The molecule has 18 heavy (non-hydrogen) atoms. The summed E-state index contributed by atoms with van der Waals surface area (Å²) in [7, 11) is 1.79. The van der Waals surface area contributed by atoms with Crippen LogP contribution in [0.3, 0.4) is 0 Å². The molecule has 96 valence electrons. The summed E-state index contributed by atoms with van der Waals surface area (Å²) in [5.74, 6) is 0. The van der Waals surface area contributed by atoms with Crippen molar-refractivity contribution in [2.75, 3.05) is 0 Å². The van der Waals surface area contributed by atoms with Crippen LogP contribution >= 0.6 is 11.8 Å². The summed E-state index contributed by atoms with van der Waals surface area (Å²) in [5, 5.41) is 10.1. The lowest BCUT2D eigenvalue weighted by Gasteiger charge is -2.05. The topological polar surface area (TPSA) is 72.9 Å². The third-order valence-electron chi connectivity index (χ3n) is 2.61. The van der Waals surface area contributed by atoms with Crippen molar-refractivity contribution in [2.24, 2.45) is 7.05 Å². The van der Waals surface area contributed by atoms with E-state index in [1.165, 1.54) is 11.8 Å². The number of hydrogen-bond acceptors (Lipinski definition) is 5. The third-order valence-corrected chi connectivity index (χ3v) is 3.65. The molecule has 1 N–H and O–H groups in total. The van der Waals surface area contributed by atoms with Gasteiger partial charge in [-0.1, -0.05) is 0 Å². The quantitative estimate of drug-likeness (QED) is 0.879. The predicted octanol–water partition coefficient (Wildman–Crippen LogP) is 0.640. The lowest BCUT2D eigenvalue weighted by atomic mass is 10.5. The van der Waals surface area contributed by atoms with Gasteiger partial charge in [0.2, 0.25) is 0 Å². The molecule has 2 aromatic rings. The highest BCUT2D eigenvalue weighted by Gasteiger charge is 2.11. The molecule has 0 amide bonds. The molecule has 0 aliphatic carbocycles. The summed E-state index contributed by atoms with van der Waals surface area (Å²) in [6.45, 7) is 2.43. The number of rotatable bonds is 4. The number of aromatic nitrogens is 4. The van der Waals surface area contributed by atoms with E-state index in [9.17, 15) is 4.79 Å². The number of nitrogens with zero attached hydrogens (tertiary/aromatic N) is 4. The van der Waals surface area contributed by atoms with Crippen LogP contribution in [0.25, 0.3) is 0 Å². The zero-order valence-electron chi connectivity index (χ0n) is 10.2. The molecule has 2 rings (SSSR count). The molecule has 6 nitrogen and oxygen atoms in total. The minimum absolute atomic E-state index is 0.0779. The van der Waals surface area contributed by atoms with E-state index in [1.54, 1.807) is 34.8 Å². The Bertz CT molecular complexity index is 605. The molecule has 0 saturated carbocycles. The maximum absolute atomic E-state index is 12.0. The highest BCUT2D eigenvalue weighted by atomic mass is 32.2. The highest BCUT2D eigenvalue weighted by molar-refractivity contribution is 7.99. The summed E-state index contributed by atoms with van der Waals surface area (Å²) < 4.78 is 3.33. The normalized spacial score (nSPS) is 10.8. The number of aliphatic hydroxyl groups excluding tert-OH is 1. The smallest absolute Gasteiger partial charge is 0.283 e. The van der Waals surface area contributed by atoms with Gasteiger partial charge in [0.15, 0.2) is 10.2 Å². The third kappa shape index (κ3) is 2.32. The molecular formula is C11H14N4O2S. The molecule has 7 heteroatoms. The fourth-order valence-electron chi connectivity index (χ4n) is 1.50. The van der Waals surface area contributed by atoms with Gasteiger partial charge >= 0.3 is 0 Å². The number of aliphatic hydroxyl groups is 1. The first-order chi connectivity index (χ1) is 8.67. The van der Waals surface area contributed by atoms with Crippen molar-refractivity contribution in [3.8, 4) is 0 Å². The van der Waals surface area contributed by atoms with E-state index in [1.807, 2.05) is 6.92 Å². The van der Waals surface area contributed by atoms with Crippen LogP contribution in [0, 0.1) is 0 Å². The predicted molar refractivity (Wildman–Crippen MR) is 67.4 cm³/mol. The van der Waals surface area contributed by atoms with Crippen LogP contribution in [-0.2, 0) is 20.2 Å². The van der Waals surface area contributed by atoms with Crippen molar-refractivity contribution < 1.29 is 5.11 Å². The van der Waals surface area contributed by atoms with E-state index in [0.29, 0.717) is 22.4 Å². The van der Waals surface area contributed by atoms with E-state index in [-0.39, 0.29) is 12.2 Å². The van der Waals surface area contributed by atoms with Crippen molar-refractivity contribution in [3.63, 3.8) is 0 Å². The number of aryl methyl sites for hydroxylation is 1. The second-order valence-electron chi connectivity index (χ2n) is 3.67. The Morgan fingerprint density at radius 1 is 1.44 bits per heavy atom. The van der Waals surface area contributed by atoms with Gasteiger partial charge in [0.1, 0.15) is 0 Å². The molecule has 0 bridgehead atoms. The molecule has 0 aromatic carbocycles. The Balaban J connectivity index is 2.34. The van der Waals surface area contributed by atoms with Gasteiger partial charge in [0, 0.05) is 26.0 Å². The molecule has 0 radical (unpaired) electrons. The Labute approximate surface area is 108 Å². The molecular weight excluding hydrogens is 252 g/mol. The summed E-state index contributed by atoms with van der Waals surface area (Å²) in [4.78, 5) is 20.2. The van der Waals surface area contributed by atoms with E-state index in [2.05, 4.69) is 9.97 Å². The average molecular weight is 266 g/mol. The van der Waals surface area contributed by atoms with Gasteiger partial charge in [-0.3, -0.25) is 4.79 Å². The summed E-state index contributed by atoms with van der Waals surface area (Å²) >= 11 is 1.20. The largest absolute Gasteiger partial charge is 0.390 e. The second kappa shape index (κ2) is 5.36. The van der Waals surface area contributed by atoms with Crippen molar-refractivity contribution in [1.82, 2.24) is 19.1 Å². The van der Waals surface area contributed by atoms with Crippen molar-refractivity contribution in [2.45, 2.75) is 30.3 Å². The van der Waals surface area contributed by atoms with Gasteiger partial charge in [-0.05, 0) is 18.7 Å². The van der Waals surface area contributed by atoms with Crippen LogP contribution in [0.15, 0.2) is 33.6 Å². The fraction of sp³-hybridized carbons (Fsp3) is 0.364. The number of hydrogen-bond donors (Lipinski definition) is 1. The zero-order chi connectivity index (χ0) is 13.1. The summed E-state index contributed by atoms with van der Waals surface area (Å²) in [5.41, 5.74) is 0.572. The SMILES string of the molecule is CCn1ccnc(Sc2ncc(CO)n2C)c1=O. The second-order valence-corrected chi connectivity index (χ2v) is 4.63. The van der Waals surface area contributed by atoms with Gasteiger partial charge in [0.25, 0.3) is 5.56 Å². The van der Waals surface area contributed by atoms with E-state index in [0.717, 1.165) is 0 Å². The van der Waals surface area contributed by atoms with E-state index in [4.69, 9.17) is 5.11 Å². The van der Waals surface area contributed by atoms with Gasteiger partial charge in [-0.15, -0.1) is 0 Å². The maximum atomic E-state index is 12.0. The first-order valence-corrected chi connectivity index (χ1v) is 6.33. The lowest BCUT2D eigenvalue weighted by Crippen LogP contribution is -2.21. The first kappa shape index (κ1) is 12.8. The first-order valence-electron chi connectivity index (χ1n) is 5.52. The molecule has 0 aliphatic heterocycles. The monoisotopic (exact) mass is 266 g/mol. The van der Waals surface area contributed by atoms with Gasteiger partial charge in [-0.2, -0.15) is 0 Å².